The molecule has 3 aromatic carbocycles. The highest BCUT2D eigenvalue weighted by Gasteiger charge is 2.16. The number of nitrogens with one attached hydrogen (secondary N) is 2. The zero-order valence-electron chi connectivity index (χ0n) is 16.8. The van der Waals surface area contributed by atoms with Gasteiger partial charge in [0.2, 0.25) is 5.91 Å². The Labute approximate surface area is 172 Å². The Hall–Kier alpha value is -3.40. The largest absolute Gasteiger partial charge is 0.347 e. The van der Waals surface area contributed by atoms with Crippen LogP contribution in [0.25, 0.3) is 0 Å². The minimum Gasteiger partial charge on any atom is -0.347 e. The average molecular weight is 386 g/mol. The van der Waals surface area contributed by atoms with E-state index in [2.05, 4.69) is 10.6 Å². The van der Waals surface area contributed by atoms with Crippen LogP contribution in [0.2, 0.25) is 0 Å². The molecule has 0 saturated carbocycles. The van der Waals surface area contributed by atoms with Gasteiger partial charge in [-0.2, -0.15) is 0 Å². The quantitative estimate of drug-likeness (QED) is 0.641. The fraction of sp³-hybridized carbons (Fsp3) is 0.200. The van der Waals surface area contributed by atoms with E-state index < -0.39 is 0 Å². The Balaban J connectivity index is 1.63. The minimum atomic E-state index is -0.248. The molecule has 0 spiro atoms. The third kappa shape index (κ3) is 5.79. The number of carbonyl (C=O) groups is 2. The molecule has 2 amide bonds. The van der Waals surface area contributed by atoms with Crippen molar-refractivity contribution in [1.29, 1.82) is 0 Å². The summed E-state index contributed by atoms with van der Waals surface area (Å²) in [5.41, 5.74) is 4.91. The van der Waals surface area contributed by atoms with Gasteiger partial charge in [-0.3, -0.25) is 9.59 Å². The predicted octanol–water partition coefficient (Wildman–Crippen LogP) is 4.13. The van der Waals surface area contributed by atoms with E-state index in [0.717, 1.165) is 22.3 Å². The van der Waals surface area contributed by atoms with Gasteiger partial charge in [-0.25, -0.2) is 0 Å². The molecule has 0 bridgehead atoms. The molecule has 0 aliphatic rings. The Kier molecular flexibility index (Phi) is 6.80. The van der Waals surface area contributed by atoms with Gasteiger partial charge in [-0.05, 0) is 54.7 Å². The Morgan fingerprint density at radius 2 is 1.48 bits per heavy atom. The molecule has 0 saturated heterocycles. The third-order valence-corrected chi connectivity index (χ3v) is 5.00. The standard InChI is InChI=1S/C25H26N2O2/c1-18-13-14-22(15-19(18)2)25(29)26-17-24(28)27-23(21-11-7-4-8-12-21)16-20-9-5-3-6-10-20/h3-15,23H,16-17H2,1-2H3,(H,26,29)(H,27,28). The first kappa shape index (κ1) is 20.3. The zero-order chi connectivity index (χ0) is 20.6. The summed E-state index contributed by atoms with van der Waals surface area (Å²) in [6.45, 7) is 3.90. The number of benzene rings is 3. The third-order valence-electron chi connectivity index (χ3n) is 5.00. The summed E-state index contributed by atoms with van der Waals surface area (Å²) in [5.74, 6) is -0.463. The molecule has 3 aromatic rings. The van der Waals surface area contributed by atoms with Crippen molar-refractivity contribution in [3.05, 3.63) is 107 Å². The van der Waals surface area contributed by atoms with E-state index in [4.69, 9.17) is 0 Å². The van der Waals surface area contributed by atoms with E-state index in [1.807, 2.05) is 86.6 Å². The number of rotatable bonds is 7. The first-order chi connectivity index (χ1) is 14.0. The lowest BCUT2D eigenvalue weighted by Gasteiger charge is -2.20. The van der Waals surface area contributed by atoms with Crippen LogP contribution in [0.15, 0.2) is 78.9 Å². The van der Waals surface area contributed by atoms with Crippen molar-refractivity contribution in [2.75, 3.05) is 6.54 Å². The molecule has 0 fully saturated rings. The van der Waals surface area contributed by atoms with Crippen LogP contribution in [0.5, 0.6) is 0 Å². The molecule has 0 radical (unpaired) electrons. The first-order valence-electron chi connectivity index (χ1n) is 9.76. The van der Waals surface area contributed by atoms with Crippen LogP contribution in [0.1, 0.15) is 38.7 Å². The summed E-state index contributed by atoms with van der Waals surface area (Å²) in [6.07, 6.45) is 0.682. The highest BCUT2D eigenvalue weighted by Crippen LogP contribution is 2.18. The lowest BCUT2D eigenvalue weighted by atomic mass is 9.99. The lowest BCUT2D eigenvalue weighted by molar-refractivity contribution is -0.120. The van der Waals surface area contributed by atoms with Crippen molar-refractivity contribution in [1.82, 2.24) is 10.6 Å². The molecule has 0 aromatic heterocycles. The van der Waals surface area contributed by atoms with Crippen LogP contribution in [0, 0.1) is 13.8 Å². The highest BCUT2D eigenvalue weighted by molar-refractivity contribution is 5.96. The monoisotopic (exact) mass is 386 g/mol. The maximum absolute atomic E-state index is 12.5. The average Bonchev–Trinajstić information content (AvgIpc) is 2.75. The number of aryl methyl sites for hydroxylation is 2. The highest BCUT2D eigenvalue weighted by atomic mass is 16.2. The lowest BCUT2D eigenvalue weighted by Crippen LogP contribution is -2.39. The second-order valence-corrected chi connectivity index (χ2v) is 7.20. The molecule has 29 heavy (non-hydrogen) atoms. The minimum absolute atomic E-state index is 0.0656. The van der Waals surface area contributed by atoms with Gasteiger partial charge < -0.3 is 10.6 Å². The SMILES string of the molecule is Cc1ccc(C(=O)NCC(=O)NC(Cc2ccccc2)c2ccccc2)cc1C. The molecule has 3 rings (SSSR count). The maximum Gasteiger partial charge on any atom is 0.251 e. The van der Waals surface area contributed by atoms with Crippen LogP contribution in [-0.2, 0) is 11.2 Å². The van der Waals surface area contributed by atoms with Crippen LogP contribution < -0.4 is 10.6 Å². The summed E-state index contributed by atoms with van der Waals surface area (Å²) >= 11 is 0. The van der Waals surface area contributed by atoms with Crippen molar-refractivity contribution < 1.29 is 9.59 Å². The van der Waals surface area contributed by atoms with Gasteiger partial charge in [0, 0.05) is 5.56 Å². The topological polar surface area (TPSA) is 58.2 Å². The number of amides is 2. The van der Waals surface area contributed by atoms with Gasteiger partial charge in [-0.1, -0.05) is 66.7 Å². The van der Waals surface area contributed by atoms with Crippen molar-refractivity contribution in [3.8, 4) is 0 Å². The van der Waals surface area contributed by atoms with Crippen LogP contribution in [0.4, 0.5) is 0 Å². The molecule has 148 valence electrons. The van der Waals surface area contributed by atoms with Gasteiger partial charge in [0.1, 0.15) is 0 Å². The molecule has 4 nitrogen and oxygen atoms in total. The summed E-state index contributed by atoms with van der Waals surface area (Å²) in [6, 6.07) is 25.3. The van der Waals surface area contributed by atoms with Crippen molar-refractivity contribution in [2.45, 2.75) is 26.3 Å². The van der Waals surface area contributed by atoms with Crippen LogP contribution in [0.3, 0.4) is 0 Å². The summed E-state index contributed by atoms with van der Waals surface area (Å²) in [5, 5.41) is 5.77. The van der Waals surface area contributed by atoms with Crippen LogP contribution in [-0.4, -0.2) is 18.4 Å². The number of carbonyl (C=O) groups excluding carboxylic acids is 2. The smallest absolute Gasteiger partial charge is 0.251 e. The van der Waals surface area contributed by atoms with E-state index in [0.29, 0.717) is 12.0 Å². The molecule has 1 unspecified atom stereocenters. The normalized spacial score (nSPS) is 11.5. The summed E-state index contributed by atoms with van der Waals surface area (Å²) in [4.78, 5) is 24.9. The fourth-order valence-corrected chi connectivity index (χ4v) is 3.18. The molecule has 0 heterocycles. The van der Waals surface area contributed by atoms with Gasteiger partial charge >= 0.3 is 0 Å². The fourth-order valence-electron chi connectivity index (χ4n) is 3.18. The molecular weight excluding hydrogens is 360 g/mol. The van der Waals surface area contributed by atoms with Crippen LogP contribution >= 0.6 is 0 Å². The zero-order valence-corrected chi connectivity index (χ0v) is 16.8. The van der Waals surface area contributed by atoms with Gasteiger partial charge in [0.05, 0.1) is 12.6 Å². The molecule has 0 aliphatic heterocycles. The maximum atomic E-state index is 12.5. The van der Waals surface area contributed by atoms with Crippen molar-refractivity contribution in [2.24, 2.45) is 0 Å². The van der Waals surface area contributed by atoms with E-state index >= 15 is 0 Å². The van der Waals surface area contributed by atoms with Gasteiger partial charge in [-0.15, -0.1) is 0 Å². The second-order valence-electron chi connectivity index (χ2n) is 7.20. The van der Waals surface area contributed by atoms with E-state index in [1.165, 1.54) is 0 Å². The van der Waals surface area contributed by atoms with E-state index in [9.17, 15) is 9.59 Å². The van der Waals surface area contributed by atoms with Gasteiger partial charge in [0.25, 0.3) is 5.91 Å². The van der Waals surface area contributed by atoms with E-state index in [-0.39, 0.29) is 24.4 Å². The molecular formula is C25H26N2O2. The predicted molar refractivity (Wildman–Crippen MR) is 116 cm³/mol. The number of hydrogen-bond donors (Lipinski definition) is 2. The Morgan fingerprint density at radius 1 is 0.828 bits per heavy atom. The Bertz CT molecular complexity index is 969. The second kappa shape index (κ2) is 9.69. The molecule has 0 aliphatic carbocycles. The summed E-state index contributed by atoms with van der Waals surface area (Å²) < 4.78 is 0. The number of hydrogen-bond acceptors (Lipinski definition) is 2. The van der Waals surface area contributed by atoms with Crippen molar-refractivity contribution in [3.63, 3.8) is 0 Å². The molecule has 1 atom stereocenters. The van der Waals surface area contributed by atoms with E-state index in [1.54, 1.807) is 6.07 Å². The molecule has 4 heteroatoms. The van der Waals surface area contributed by atoms with Crippen molar-refractivity contribution >= 4 is 11.8 Å². The Morgan fingerprint density at radius 3 is 2.14 bits per heavy atom. The first-order valence-corrected chi connectivity index (χ1v) is 9.76. The van der Waals surface area contributed by atoms with Gasteiger partial charge in [0.15, 0.2) is 0 Å². The molecule has 2 N–H and O–H groups in total. The summed E-state index contributed by atoms with van der Waals surface area (Å²) in [7, 11) is 0.